The molecule has 0 aromatic heterocycles. The number of hydrogen-bond acceptors (Lipinski definition) is 2. The number of nitrogens with zero attached hydrogens (tertiary/aromatic N) is 1. The van der Waals surface area contributed by atoms with Crippen molar-refractivity contribution in [3.8, 4) is 5.75 Å². The summed E-state index contributed by atoms with van der Waals surface area (Å²) in [5.41, 5.74) is 2.70. The van der Waals surface area contributed by atoms with Crippen LogP contribution in [0.15, 0.2) is 18.2 Å². The predicted molar refractivity (Wildman–Crippen MR) is 67.8 cm³/mol. The van der Waals surface area contributed by atoms with Gasteiger partial charge in [0.2, 0.25) is 0 Å². The average Bonchev–Trinajstić information content (AvgIpc) is 2.16. The zero-order chi connectivity index (χ0) is 10.1. The third kappa shape index (κ3) is 2.52. The van der Waals surface area contributed by atoms with E-state index in [1.54, 1.807) is 6.07 Å². The third-order valence-corrected chi connectivity index (χ3v) is 3.04. The largest absolute Gasteiger partial charge is 0.508 e. The molecule has 0 fully saturated rings. The van der Waals surface area contributed by atoms with Gasteiger partial charge in [-0.05, 0) is 56.6 Å². The first-order chi connectivity index (χ1) is 6.68. The van der Waals surface area contributed by atoms with Gasteiger partial charge in [0.15, 0.2) is 0 Å². The Kier molecular flexibility index (Phi) is 4.17. The van der Waals surface area contributed by atoms with Crippen LogP contribution >= 0.6 is 17.0 Å². The van der Waals surface area contributed by atoms with E-state index in [2.05, 4.69) is 25.1 Å². The molecule has 0 bridgehead atoms. The van der Waals surface area contributed by atoms with E-state index in [1.165, 1.54) is 24.0 Å². The van der Waals surface area contributed by atoms with Crippen LogP contribution in [0.3, 0.4) is 0 Å². The van der Waals surface area contributed by atoms with Gasteiger partial charge in [-0.3, -0.25) is 0 Å². The van der Waals surface area contributed by atoms with Crippen molar-refractivity contribution >= 4 is 17.0 Å². The quantitative estimate of drug-likeness (QED) is 0.849. The minimum Gasteiger partial charge on any atom is -0.508 e. The van der Waals surface area contributed by atoms with Crippen molar-refractivity contribution in [3.63, 3.8) is 0 Å². The number of benzene rings is 1. The topological polar surface area (TPSA) is 23.5 Å². The summed E-state index contributed by atoms with van der Waals surface area (Å²) in [6, 6.07) is 6.24. The standard InChI is InChI=1S/C12H17NO.BrH/c1-13(2)12-5-3-4-9-6-7-10(14)8-11(9)12;/h6-8,12,14H,3-5H2,1-2H3;1H. The normalized spacial score (nSPS) is 19.5. The molecule has 84 valence electrons. The molecule has 1 aromatic rings. The van der Waals surface area contributed by atoms with Gasteiger partial charge in [-0.25, -0.2) is 0 Å². The van der Waals surface area contributed by atoms with Crippen molar-refractivity contribution in [3.05, 3.63) is 29.3 Å². The predicted octanol–water partition coefficient (Wildman–Crippen LogP) is 2.91. The summed E-state index contributed by atoms with van der Waals surface area (Å²) in [5, 5.41) is 9.47. The highest BCUT2D eigenvalue weighted by molar-refractivity contribution is 8.93. The summed E-state index contributed by atoms with van der Waals surface area (Å²) >= 11 is 0. The zero-order valence-corrected chi connectivity index (χ0v) is 10.9. The van der Waals surface area contributed by atoms with Crippen molar-refractivity contribution in [1.82, 2.24) is 4.90 Å². The van der Waals surface area contributed by atoms with E-state index in [0.717, 1.165) is 6.42 Å². The van der Waals surface area contributed by atoms with Gasteiger partial charge in [-0.15, -0.1) is 17.0 Å². The van der Waals surface area contributed by atoms with Crippen LogP contribution in [-0.2, 0) is 6.42 Å². The number of phenolic OH excluding ortho intramolecular Hbond substituents is 1. The van der Waals surface area contributed by atoms with Gasteiger partial charge < -0.3 is 10.0 Å². The lowest BCUT2D eigenvalue weighted by atomic mass is 9.87. The minimum atomic E-state index is 0. The molecule has 0 heterocycles. The van der Waals surface area contributed by atoms with Crippen LogP contribution < -0.4 is 0 Å². The molecule has 2 rings (SSSR count). The summed E-state index contributed by atoms with van der Waals surface area (Å²) in [4.78, 5) is 2.23. The summed E-state index contributed by atoms with van der Waals surface area (Å²) in [5.74, 6) is 0.387. The maximum absolute atomic E-state index is 9.47. The van der Waals surface area contributed by atoms with Gasteiger partial charge >= 0.3 is 0 Å². The summed E-state index contributed by atoms with van der Waals surface area (Å²) in [6.07, 6.45) is 3.60. The number of hydrogen-bond donors (Lipinski definition) is 1. The van der Waals surface area contributed by atoms with E-state index >= 15 is 0 Å². The molecule has 1 aliphatic rings. The van der Waals surface area contributed by atoms with E-state index in [4.69, 9.17) is 0 Å². The number of fused-ring (bicyclic) bond motifs is 1. The number of aromatic hydroxyl groups is 1. The van der Waals surface area contributed by atoms with Crippen molar-refractivity contribution in [2.75, 3.05) is 14.1 Å². The first kappa shape index (κ1) is 12.5. The van der Waals surface area contributed by atoms with Crippen LogP contribution in [0.1, 0.15) is 30.0 Å². The maximum atomic E-state index is 9.47. The van der Waals surface area contributed by atoms with Gasteiger partial charge in [-0.1, -0.05) is 6.07 Å². The van der Waals surface area contributed by atoms with Crippen molar-refractivity contribution in [2.24, 2.45) is 0 Å². The molecular weight excluding hydrogens is 254 g/mol. The van der Waals surface area contributed by atoms with Crippen LogP contribution in [-0.4, -0.2) is 24.1 Å². The highest BCUT2D eigenvalue weighted by atomic mass is 79.9. The lowest BCUT2D eigenvalue weighted by molar-refractivity contribution is 0.267. The highest BCUT2D eigenvalue weighted by Gasteiger charge is 2.21. The SMILES string of the molecule is Br.CN(C)C1CCCc2ccc(O)cc21. The van der Waals surface area contributed by atoms with E-state index in [0.29, 0.717) is 11.8 Å². The zero-order valence-electron chi connectivity index (χ0n) is 9.23. The molecule has 0 saturated heterocycles. The van der Waals surface area contributed by atoms with Crippen LogP contribution in [0.25, 0.3) is 0 Å². The Morgan fingerprint density at radius 3 is 2.73 bits per heavy atom. The molecule has 1 aromatic carbocycles. The van der Waals surface area contributed by atoms with Crippen LogP contribution in [0, 0.1) is 0 Å². The first-order valence-electron chi connectivity index (χ1n) is 5.16. The van der Waals surface area contributed by atoms with E-state index in [9.17, 15) is 5.11 Å². The molecular formula is C12H18BrNO. The number of phenols is 1. The highest BCUT2D eigenvalue weighted by Crippen LogP contribution is 2.34. The Bertz CT molecular complexity index is 338. The number of halogens is 1. The fourth-order valence-electron chi connectivity index (χ4n) is 2.30. The molecule has 15 heavy (non-hydrogen) atoms. The Hall–Kier alpha value is -0.540. The monoisotopic (exact) mass is 271 g/mol. The Balaban J connectivity index is 0.00000112. The molecule has 1 aliphatic carbocycles. The lowest BCUT2D eigenvalue weighted by Crippen LogP contribution is -2.23. The van der Waals surface area contributed by atoms with Gasteiger partial charge in [-0.2, -0.15) is 0 Å². The van der Waals surface area contributed by atoms with Crippen molar-refractivity contribution in [2.45, 2.75) is 25.3 Å². The first-order valence-corrected chi connectivity index (χ1v) is 5.16. The molecule has 0 saturated carbocycles. The fraction of sp³-hybridized carbons (Fsp3) is 0.500. The Morgan fingerprint density at radius 2 is 2.07 bits per heavy atom. The third-order valence-electron chi connectivity index (χ3n) is 3.04. The lowest BCUT2D eigenvalue weighted by Gasteiger charge is -2.30. The summed E-state index contributed by atoms with van der Waals surface area (Å²) < 4.78 is 0. The molecule has 2 nitrogen and oxygen atoms in total. The van der Waals surface area contributed by atoms with E-state index < -0.39 is 0 Å². The second-order valence-electron chi connectivity index (χ2n) is 4.25. The molecule has 0 radical (unpaired) electrons. The number of rotatable bonds is 1. The smallest absolute Gasteiger partial charge is 0.115 e. The van der Waals surface area contributed by atoms with Crippen LogP contribution in [0.2, 0.25) is 0 Å². The van der Waals surface area contributed by atoms with Crippen LogP contribution in [0.4, 0.5) is 0 Å². The molecule has 0 amide bonds. The molecule has 1 atom stereocenters. The molecule has 3 heteroatoms. The number of aryl methyl sites for hydroxylation is 1. The van der Waals surface area contributed by atoms with Gasteiger partial charge in [0, 0.05) is 6.04 Å². The summed E-state index contributed by atoms with van der Waals surface area (Å²) in [7, 11) is 4.20. The second kappa shape index (κ2) is 4.99. The van der Waals surface area contributed by atoms with Gasteiger partial charge in [0.05, 0.1) is 0 Å². The van der Waals surface area contributed by atoms with Gasteiger partial charge in [0.25, 0.3) is 0 Å². The average molecular weight is 272 g/mol. The second-order valence-corrected chi connectivity index (χ2v) is 4.25. The van der Waals surface area contributed by atoms with Crippen LogP contribution in [0.5, 0.6) is 5.75 Å². The fourth-order valence-corrected chi connectivity index (χ4v) is 2.30. The van der Waals surface area contributed by atoms with Crippen molar-refractivity contribution in [1.29, 1.82) is 0 Å². The van der Waals surface area contributed by atoms with Gasteiger partial charge in [0.1, 0.15) is 5.75 Å². The molecule has 0 spiro atoms. The van der Waals surface area contributed by atoms with Crippen molar-refractivity contribution < 1.29 is 5.11 Å². The Morgan fingerprint density at radius 1 is 1.33 bits per heavy atom. The molecule has 1 N–H and O–H groups in total. The molecule has 1 unspecified atom stereocenters. The Labute approximate surface area is 102 Å². The minimum absolute atomic E-state index is 0. The molecule has 0 aliphatic heterocycles. The van der Waals surface area contributed by atoms with E-state index in [-0.39, 0.29) is 17.0 Å². The van der Waals surface area contributed by atoms with E-state index in [1.807, 2.05) is 6.07 Å². The maximum Gasteiger partial charge on any atom is 0.115 e. The summed E-state index contributed by atoms with van der Waals surface area (Å²) in [6.45, 7) is 0.